The molecule has 1 heterocycles. The van der Waals surface area contributed by atoms with Crippen LogP contribution >= 0.6 is 0 Å². The van der Waals surface area contributed by atoms with Crippen LogP contribution in [-0.4, -0.2) is 38.1 Å². The van der Waals surface area contributed by atoms with Gasteiger partial charge in [0.25, 0.3) is 0 Å². The van der Waals surface area contributed by atoms with Crippen molar-refractivity contribution < 1.29 is 4.39 Å². The van der Waals surface area contributed by atoms with Crippen molar-refractivity contribution >= 4 is 11.4 Å². The number of anilines is 2. The van der Waals surface area contributed by atoms with Crippen LogP contribution in [0.1, 0.15) is 12.8 Å². The van der Waals surface area contributed by atoms with E-state index in [1.54, 1.807) is 6.07 Å². The highest BCUT2D eigenvalue weighted by molar-refractivity contribution is 5.67. The molecule has 1 aromatic rings. The van der Waals surface area contributed by atoms with Gasteiger partial charge in [0.1, 0.15) is 5.82 Å². The van der Waals surface area contributed by atoms with Gasteiger partial charge in [-0.15, -0.1) is 0 Å². The summed E-state index contributed by atoms with van der Waals surface area (Å²) in [5.74, 6) is -0.275. The van der Waals surface area contributed by atoms with Crippen molar-refractivity contribution in [1.82, 2.24) is 4.90 Å². The average Bonchev–Trinajstić information content (AvgIpc) is 2.29. The van der Waals surface area contributed by atoms with E-state index in [0.29, 0.717) is 11.7 Å². The van der Waals surface area contributed by atoms with Crippen LogP contribution < -0.4 is 10.6 Å². The summed E-state index contributed by atoms with van der Waals surface area (Å²) in [5.41, 5.74) is 7.32. The van der Waals surface area contributed by atoms with E-state index in [-0.39, 0.29) is 5.82 Å². The van der Waals surface area contributed by atoms with Gasteiger partial charge in [0.15, 0.2) is 0 Å². The van der Waals surface area contributed by atoms with Crippen molar-refractivity contribution in [3.8, 4) is 0 Å². The lowest BCUT2D eigenvalue weighted by Gasteiger charge is -2.36. The van der Waals surface area contributed by atoms with E-state index in [9.17, 15) is 4.39 Å². The zero-order valence-corrected chi connectivity index (χ0v) is 10.5. The molecule has 1 aliphatic rings. The van der Waals surface area contributed by atoms with Crippen molar-refractivity contribution in [3.63, 3.8) is 0 Å². The minimum atomic E-state index is -0.275. The monoisotopic (exact) mass is 237 g/mol. The number of nitrogens with zero attached hydrogens (tertiary/aromatic N) is 2. The first-order valence-corrected chi connectivity index (χ1v) is 6.04. The van der Waals surface area contributed by atoms with Crippen LogP contribution in [-0.2, 0) is 0 Å². The number of likely N-dealkylation sites (tertiary alicyclic amines) is 1. The zero-order chi connectivity index (χ0) is 12.4. The summed E-state index contributed by atoms with van der Waals surface area (Å²) >= 11 is 0. The van der Waals surface area contributed by atoms with Crippen LogP contribution in [0.5, 0.6) is 0 Å². The predicted octanol–water partition coefficient (Wildman–Crippen LogP) is 1.94. The van der Waals surface area contributed by atoms with Gasteiger partial charge in [0, 0.05) is 13.1 Å². The number of nitrogen functional groups attached to an aromatic ring is 1. The van der Waals surface area contributed by atoms with Gasteiger partial charge in [-0.2, -0.15) is 0 Å². The number of nitrogens with two attached hydrogens (primary N) is 1. The molecule has 0 atom stereocenters. The lowest BCUT2D eigenvalue weighted by atomic mass is 10.0. The van der Waals surface area contributed by atoms with Crippen LogP contribution in [0.25, 0.3) is 0 Å². The van der Waals surface area contributed by atoms with E-state index in [1.165, 1.54) is 12.1 Å². The van der Waals surface area contributed by atoms with Gasteiger partial charge in [-0.05, 0) is 51.2 Å². The molecule has 3 nitrogen and oxygen atoms in total. The van der Waals surface area contributed by atoms with Crippen molar-refractivity contribution in [2.24, 2.45) is 0 Å². The van der Waals surface area contributed by atoms with E-state index < -0.39 is 0 Å². The molecule has 0 spiro atoms. The smallest absolute Gasteiger partial charge is 0.125 e. The van der Waals surface area contributed by atoms with E-state index >= 15 is 0 Å². The highest BCUT2D eigenvalue weighted by Crippen LogP contribution is 2.27. The van der Waals surface area contributed by atoms with Crippen LogP contribution in [0.4, 0.5) is 15.8 Å². The molecule has 0 radical (unpaired) electrons. The summed E-state index contributed by atoms with van der Waals surface area (Å²) in [6.07, 6.45) is 2.26. The Morgan fingerprint density at radius 2 is 2.00 bits per heavy atom. The Morgan fingerprint density at radius 3 is 2.59 bits per heavy atom. The molecule has 0 aliphatic carbocycles. The molecule has 0 saturated carbocycles. The third-order valence-corrected chi connectivity index (χ3v) is 3.61. The van der Waals surface area contributed by atoms with E-state index in [4.69, 9.17) is 5.73 Å². The van der Waals surface area contributed by atoms with Gasteiger partial charge in [-0.3, -0.25) is 0 Å². The molecule has 0 amide bonds. The Morgan fingerprint density at radius 1 is 1.35 bits per heavy atom. The quantitative estimate of drug-likeness (QED) is 0.798. The van der Waals surface area contributed by atoms with Gasteiger partial charge in [0.05, 0.1) is 11.4 Å². The Hall–Kier alpha value is -1.29. The summed E-state index contributed by atoms with van der Waals surface area (Å²) in [4.78, 5) is 4.51. The maximum atomic E-state index is 13.0. The van der Waals surface area contributed by atoms with Gasteiger partial charge in [-0.1, -0.05) is 0 Å². The molecule has 2 rings (SSSR count). The second-order valence-corrected chi connectivity index (χ2v) is 4.85. The van der Waals surface area contributed by atoms with E-state index in [0.717, 1.165) is 31.6 Å². The number of rotatable bonds is 2. The Balaban J connectivity index is 2.11. The largest absolute Gasteiger partial charge is 0.397 e. The standard InChI is InChI=1S/C13H20FN3/c1-16-7-5-11(6-8-16)17(2)13-4-3-10(14)9-12(13)15/h3-4,9,11H,5-8,15H2,1-2H3. The minimum absolute atomic E-state index is 0.275. The summed E-state index contributed by atoms with van der Waals surface area (Å²) < 4.78 is 13.0. The first-order chi connectivity index (χ1) is 8.08. The Labute approximate surface area is 102 Å². The molecule has 17 heavy (non-hydrogen) atoms. The number of hydrogen-bond donors (Lipinski definition) is 1. The normalized spacial score (nSPS) is 18.3. The molecular weight excluding hydrogens is 217 g/mol. The molecule has 1 aliphatic heterocycles. The first-order valence-electron chi connectivity index (χ1n) is 6.04. The molecule has 0 bridgehead atoms. The van der Waals surface area contributed by atoms with Crippen LogP contribution in [0.15, 0.2) is 18.2 Å². The summed E-state index contributed by atoms with van der Waals surface area (Å²) in [7, 11) is 4.18. The number of piperidine rings is 1. The second kappa shape index (κ2) is 4.92. The van der Waals surface area contributed by atoms with Crippen LogP contribution in [0.3, 0.4) is 0 Å². The van der Waals surface area contributed by atoms with Crippen LogP contribution in [0, 0.1) is 5.82 Å². The molecule has 1 saturated heterocycles. The fourth-order valence-corrected chi connectivity index (χ4v) is 2.43. The first kappa shape index (κ1) is 12.2. The fraction of sp³-hybridized carbons (Fsp3) is 0.538. The number of halogens is 1. The zero-order valence-electron chi connectivity index (χ0n) is 10.5. The van der Waals surface area contributed by atoms with Crippen molar-refractivity contribution in [2.75, 3.05) is 37.8 Å². The van der Waals surface area contributed by atoms with Gasteiger partial charge in [-0.25, -0.2) is 4.39 Å². The molecule has 0 aromatic heterocycles. The molecule has 1 fully saturated rings. The van der Waals surface area contributed by atoms with E-state index in [1.807, 2.05) is 7.05 Å². The van der Waals surface area contributed by atoms with Gasteiger partial charge in [0.2, 0.25) is 0 Å². The maximum absolute atomic E-state index is 13.0. The van der Waals surface area contributed by atoms with Gasteiger partial charge < -0.3 is 15.5 Å². The third-order valence-electron chi connectivity index (χ3n) is 3.61. The minimum Gasteiger partial charge on any atom is -0.397 e. The van der Waals surface area contributed by atoms with Gasteiger partial charge >= 0.3 is 0 Å². The summed E-state index contributed by atoms with van der Waals surface area (Å²) in [6.45, 7) is 2.21. The molecular formula is C13H20FN3. The molecule has 0 unspecified atom stereocenters. The highest BCUT2D eigenvalue weighted by atomic mass is 19.1. The Kier molecular flexibility index (Phi) is 3.52. The molecule has 94 valence electrons. The summed E-state index contributed by atoms with van der Waals surface area (Å²) in [5, 5.41) is 0. The van der Waals surface area contributed by atoms with Crippen LogP contribution in [0.2, 0.25) is 0 Å². The SMILES string of the molecule is CN1CCC(N(C)c2ccc(F)cc2N)CC1. The van der Waals surface area contributed by atoms with E-state index in [2.05, 4.69) is 16.8 Å². The number of benzene rings is 1. The fourth-order valence-electron chi connectivity index (χ4n) is 2.43. The second-order valence-electron chi connectivity index (χ2n) is 4.85. The molecule has 4 heteroatoms. The molecule has 1 aromatic carbocycles. The summed E-state index contributed by atoms with van der Waals surface area (Å²) in [6, 6.07) is 5.12. The highest BCUT2D eigenvalue weighted by Gasteiger charge is 2.21. The maximum Gasteiger partial charge on any atom is 0.125 e. The lowest BCUT2D eigenvalue weighted by Crippen LogP contribution is -2.42. The average molecular weight is 237 g/mol. The predicted molar refractivity (Wildman–Crippen MR) is 69.7 cm³/mol. The topological polar surface area (TPSA) is 32.5 Å². The third kappa shape index (κ3) is 2.69. The lowest BCUT2D eigenvalue weighted by molar-refractivity contribution is 0.253. The Bertz CT molecular complexity index is 386. The number of hydrogen-bond acceptors (Lipinski definition) is 3. The molecule has 2 N–H and O–H groups in total. The van der Waals surface area contributed by atoms with Crippen molar-refractivity contribution in [2.45, 2.75) is 18.9 Å². The van der Waals surface area contributed by atoms with Crippen molar-refractivity contribution in [3.05, 3.63) is 24.0 Å². The van der Waals surface area contributed by atoms with Crippen molar-refractivity contribution in [1.29, 1.82) is 0 Å².